The van der Waals surface area contributed by atoms with E-state index in [-0.39, 0.29) is 10.8 Å². The van der Waals surface area contributed by atoms with Gasteiger partial charge in [-0.3, -0.25) is 4.79 Å². The highest BCUT2D eigenvalue weighted by atomic mass is 32.2. The summed E-state index contributed by atoms with van der Waals surface area (Å²) in [4.78, 5) is 14.2. The molecule has 166 valence electrons. The number of sulfonamides is 1. The lowest BCUT2D eigenvalue weighted by Gasteiger charge is -2.28. The summed E-state index contributed by atoms with van der Waals surface area (Å²) in [6.07, 6.45) is 0.676. The minimum absolute atomic E-state index is 0.126. The predicted octanol–water partition coefficient (Wildman–Crippen LogP) is 5.41. The Labute approximate surface area is 197 Å². The fraction of sp³-hybridized carbons (Fsp3) is 0.115. The van der Waals surface area contributed by atoms with Crippen molar-refractivity contribution in [1.29, 1.82) is 0 Å². The first-order chi connectivity index (χ1) is 16.0. The van der Waals surface area contributed by atoms with Crippen LogP contribution in [0.2, 0.25) is 0 Å². The average Bonchev–Trinajstić information content (AvgIpc) is 3.39. The van der Waals surface area contributed by atoms with E-state index in [2.05, 4.69) is 5.32 Å². The molecule has 4 aromatic rings. The van der Waals surface area contributed by atoms with Gasteiger partial charge in [0.15, 0.2) is 0 Å². The summed E-state index contributed by atoms with van der Waals surface area (Å²) in [5.41, 5.74) is 4.12. The largest absolute Gasteiger partial charge is 0.321 e. The van der Waals surface area contributed by atoms with Gasteiger partial charge in [0, 0.05) is 34.8 Å². The van der Waals surface area contributed by atoms with Gasteiger partial charge in [0.2, 0.25) is 10.0 Å². The van der Waals surface area contributed by atoms with Crippen LogP contribution in [0.5, 0.6) is 0 Å². The van der Waals surface area contributed by atoms with Gasteiger partial charge < -0.3 is 5.32 Å². The van der Waals surface area contributed by atoms with E-state index in [0.717, 1.165) is 16.0 Å². The summed E-state index contributed by atoms with van der Waals surface area (Å²) in [6, 6.07) is 25.7. The molecule has 2 heterocycles. The standard InChI is InChI=1S/C26H22N2O3S2/c29-26(27-24-12-4-3-11-23(24)25-13-6-16-32-25)20-9-5-10-22(17-20)33(30,31)28-15-14-19-7-1-2-8-21(19)18-28/h1-13,16-17H,14-15,18H2,(H,27,29). The number of hydrogen-bond acceptors (Lipinski definition) is 4. The van der Waals surface area contributed by atoms with E-state index in [9.17, 15) is 13.2 Å². The summed E-state index contributed by atoms with van der Waals surface area (Å²) in [7, 11) is -3.72. The first-order valence-corrected chi connectivity index (χ1v) is 13.0. The number of amides is 1. The van der Waals surface area contributed by atoms with Crippen LogP contribution in [0.25, 0.3) is 10.4 Å². The van der Waals surface area contributed by atoms with Crippen LogP contribution in [-0.4, -0.2) is 25.2 Å². The third kappa shape index (κ3) is 4.35. The van der Waals surface area contributed by atoms with Crippen molar-refractivity contribution in [1.82, 2.24) is 4.31 Å². The van der Waals surface area contributed by atoms with Gasteiger partial charge in [0.05, 0.1) is 4.90 Å². The quantitative estimate of drug-likeness (QED) is 0.420. The number of carbonyl (C=O) groups excluding carboxylic acids is 1. The molecule has 0 saturated heterocycles. The van der Waals surface area contributed by atoms with Gasteiger partial charge in [0.25, 0.3) is 5.91 Å². The monoisotopic (exact) mass is 474 g/mol. The molecule has 1 aromatic heterocycles. The van der Waals surface area contributed by atoms with Gasteiger partial charge in [-0.25, -0.2) is 8.42 Å². The SMILES string of the molecule is O=C(Nc1ccccc1-c1cccs1)c1cccc(S(=O)(=O)N2CCc3ccccc3C2)c1. The molecule has 3 aromatic carbocycles. The van der Waals surface area contributed by atoms with Crippen molar-refractivity contribution < 1.29 is 13.2 Å². The van der Waals surface area contributed by atoms with Crippen molar-refractivity contribution in [2.45, 2.75) is 17.9 Å². The molecule has 0 atom stereocenters. The molecule has 7 heteroatoms. The zero-order chi connectivity index (χ0) is 22.8. The van der Waals surface area contributed by atoms with Crippen LogP contribution in [0.1, 0.15) is 21.5 Å². The van der Waals surface area contributed by atoms with Crippen molar-refractivity contribution in [2.24, 2.45) is 0 Å². The summed E-state index contributed by atoms with van der Waals surface area (Å²) in [5, 5.41) is 4.93. The number of benzene rings is 3. The maximum atomic E-state index is 13.3. The molecule has 0 fully saturated rings. The zero-order valence-corrected chi connectivity index (χ0v) is 19.4. The van der Waals surface area contributed by atoms with Crippen molar-refractivity contribution in [3.63, 3.8) is 0 Å². The van der Waals surface area contributed by atoms with Gasteiger partial charge in [-0.1, -0.05) is 54.6 Å². The van der Waals surface area contributed by atoms with Crippen molar-refractivity contribution in [3.05, 3.63) is 107 Å². The topological polar surface area (TPSA) is 66.5 Å². The van der Waals surface area contributed by atoms with Gasteiger partial charge in [-0.05, 0) is 53.3 Å². The Morgan fingerprint density at radius 1 is 0.879 bits per heavy atom. The van der Waals surface area contributed by atoms with E-state index in [1.807, 2.05) is 66.0 Å². The second-order valence-corrected chi connectivity index (χ2v) is 10.7. The summed E-state index contributed by atoms with van der Waals surface area (Å²) < 4.78 is 28.2. The second kappa shape index (κ2) is 8.94. The molecular weight excluding hydrogens is 452 g/mol. The Morgan fingerprint density at radius 2 is 1.67 bits per heavy atom. The number of carbonyl (C=O) groups is 1. The van der Waals surface area contributed by atoms with Crippen LogP contribution in [0.4, 0.5) is 5.69 Å². The van der Waals surface area contributed by atoms with Crippen LogP contribution in [0, 0.1) is 0 Å². The van der Waals surface area contributed by atoms with E-state index in [1.54, 1.807) is 29.5 Å². The minimum atomic E-state index is -3.72. The number of para-hydroxylation sites is 1. The normalized spacial score (nSPS) is 13.9. The molecule has 1 aliphatic heterocycles. The molecule has 5 nitrogen and oxygen atoms in total. The Balaban J connectivity index is 1.39. The molecule has 5 rings (SSSR count). The number of anilines is 1. The molecule has 1 amide bonds. The van der Waals surface area contributed by atoms with Crippen LogP contribution >= 0.6 is 11.3 Å². The van der Waals surface area contributed by atoms with Crippen molar-refractivity contribution >= 4 is 33.0 Å². The maximum absolute atomic E-state index is 13.3. The Kier molecular flexibility index (Phi) is 5.85. The molecule has 0 radical (unpaired) electrons. The lowest BCUT2D eigenvalue weighted by Crippen LogP contribution is -2.36. The summed E-state index contributed by atoms with van der Waals surface area (Å²) in [5.74, 6) is -0.347. The van der Waals surface area contributed by atoms with Crippen LogP contribution in [0.3, 0.4) is 0 Å². The average molecular weight is 475 g/mol. The van der Waals surface area contributed by atoms with E-state index in [4.69, 9.17) is 0 Å². The predicted molar refractivity (Wildman–Crippen MR) is 132 cm³/mol. The van der Waals surface area contributed by atoms with E-state index in [0.29, 0.717) is 30.8 Å². The van der Waals surface area contributed by atoms with Gasteiger partial charge in [-0.2, -0.15) is 4.31 Å². The molecule has 0 unspecified atom stereocenters. The number of nitrogens with zero attached hydrogens (tertiary/aromatic N) is 1. The molecule has 0 saturated carbocycles. The summed E-state index contributed by atoms with van der Waals surface area (Å²) in [6.45, 7) is 0.757. The van der Waals surface area contributed by atoms with Crippen molar-refractivity contribution in [3.8, 4) is 10.4 Å². The minimum Gasteiger partial charge on any atom is -0.321 e. The highest BCUT2D eigenvalue weighted by Gasteiger charge is 2.28. The molecule has 1 N–H and O–H groups in total. The maximum Gasteiger partial charge on any atom is 0.255 e. The van der Waals surface area contributed by atoms with Crippen LogP contribution < -0.4 is 5.32 Å². The number of rotatable bonds is 5. The molecule has 0 aliphatic carbocycles. The lowest BCUT2D eigenvalue weighted by molar-refractivity contribution is 0.102. The first kappa shape index (κ1) is 21.6. The smallest absolute Gasteiger partial charge is 0.255 e. The number of fused-ring (bicyclic) bond motifs is 1. The third-order valence-corrected chi connectivity index (χ3v) is 8.54. The van der Waals surface area contributed by atoms with Crippen LogP contribution in [-0.2, 0) is 23.0 Å². The molecule has 0 bridgehead atoms. The van der Waals surface area contributed by atoms with Crippen LogP contribution in [0.15, 0.2) is 95.2 Å². The number of nitrogens with one attached hydrogen (secondary N) is 1. The second-order valence-electron chi connectivity index (χ2n) is 7.86. The Morgan fingerprint density at radius 3 is 2.48 bits per heavy atom. The molecule has 1 aliphatic rings. The molecular formula is C26H22N2O3S2. The first-order valence-electron chi connectivity index (χ1n) is 10.6. The number of thiophene rings is 1. The fourth-order valence-electron chi connectivity index (χ4n) is 4.06. The van der Waals surface area contributed by atoms with E-state index >= 15 is 0 Å². The van der Waals surface area contributed by atoms with Crippen molar-refractivity contribution in [2.75, 3.05) is 11.9 Å². The zero-order valence-electron chi connectivity index (χ0n) is 17.8. The lowest BCUT2D eigenvalue weighted by atomic mass is 10.0. The Hall–Kier alpha value is -3.26. The van der Waals surface area contributed by atoms with Gasteiger partial charge in [0.1, 0.15) is 0 Å². The number of hydrogen-bond donors (Lipinski definition) is 1. The van der Waals surface area contributed by atoms with Gasteiger partial charge in [-0.15, -0.1) is 11.3 Å². The third-order valence-electron chi connectivity index (χ3n) is 5.79. The van der Waals surface area contributed by atoms with E-state index in [1.165, 1.54) is 15.9 Å². The fourth-order valence-corrected chi connectivity index (χ4v) is 6.29. The molecule has 33 heavy (non-hydrogen) atoms. The van der Waals surface area contributed by atoms with E-state index < -0.39 is 10.0 Å². The molecule has 0 spiro atoms. The summed E-state index contributed by atoms with van der Waals surface area (Å²) >= 11 is 1.59. The highest BCUT2D eigenvalue weighted by molar-refractivity contribution is 7.89. The highest BCUT2D eigenvalue weighted by Crippen LogP contribution is 2.32. The Bertz CT molecular complexity index is 1410. The van der Waals surface area contributed by atoms with Gasteiger partial charge >= 0.3 is 0 Å².